The molecule has 84 valence electrons. The second-order valence-corrected chi connectivity index (χ2v) is 5.87. The minimum Gasteiger partial charge on any atom is -0.326 e. The molecule has 1 rings (SSSR count). The molecular formula is C12H26N2. The third-order valence-electron chi connectivity index (χ3n) is 3.53. The highest BCUT2D eigenvalue weighted by Gasteiger charge is 2.26. The van der Waals surface area contributed by atoms with Gasteiger partial charge in [0.25, 0.3) is 0 Å². The molecule has 2 heteroatoms. The molecule has 1 saturated heterocycles. The zero-order valence-electron chi connectivity index (χ0n) is 10.2. The van der Waals surface area contributed by atoms with Gasteiger partial charge in [-0.15, -0.1) is 0 Å². The van der Waals surface area contributed by atoms with E-state index in [0.29, 0.717) is 17.4 Å². The Morgan fingerprint density at radius 1 is 1.21 bits per heavy atom. The van der Waals surface area contributed by atoms with E-state index in [1.54, 1.807) is 0 Å². The average Bonchev–Trinajstić information content (AvgIpc) is 2.08. The van der Waals surface area contributed by atoms with Crippen LogP contribution in [0.25, 0.3) is 0 Å². The molecule has 0 bridgehead atoms. The number of hydrogen-bond acceptors (Lipinski definition) is 2. The first-order valence-corrected chi connectivity index (χ1v) is 5.89. The Morgan fingerprint density at radius 2 is 1.71 bits per heavy atom. The van der Waals surface area contributed by atoms with E-state index < -0.39 is 0 Å². The second-order valence-electron chi connectivity index (χ2n) is 5.87. The molecule has 2 nitrogen and oxygen atoms in total. The van der Waals surface area contributed by atoms with E-state index in [-0.39, 0.29) is 0 Å². The summed E-state index contributed by atoms with van der Waals surface area (Å²) in [4.78, 5) is 2.52. The molecular weight excluding hydrogens is 172 g/mol. The molecule has 1 aliphatic heterocycles. The van der Waals surface area contributed by atoms with Crippen molar-refractivity contribution in [2.75, 3.05) is 19.6 Å². The van der Waals surface area contributed by atoms with E-state index in [9.17, 15) is 0 Å². The molecule has 14 heavy (non-hydrogen) atoms. The zero-order chi connectivity index (χ0) is 10.8. The molecule has 2 N–H and O–H groups in total. The Bertz CT molecular complexity index is 165. The van der Waals surface area contributed by atoms with E-state index in [4.69, 9.17) is 5.73 Å². The fourth-order valence-electron chi connectivity index (χ4n) is 1.85. The van der Waals surface area contributed by atoms with E-state index in [1.165, 1.54) is 25.9 Å². The fraction of sp³-hybridized carbons (Fsp3) is 1.00. The lowest BCUT2D eigenvalue weighted by atomic mass is 9.82. The third-order valence-corrected chi connectivity index (χ3v) is 3.53. The molecule has 0 saturated carbocycles. The van der Waals surface area contributed by atoms with Gasteiger partial charge in [0.05, 0.1) is 0 Å². The summed E-state index contributed by atoms with van der Waals surface area (Å²) in [6.07, 6.45) is 2.63. The van der Waals surface area contributed by atoms with Crippen molar-refractivity contribution >= 4 is 0 Å². The lowest BCUT2D eigenvalue weighted by Gasteiger charge is -2.38. The molecule has 0 aromatic heterocycles. The molecule has 0 unspecified atom stereocenters. The Balaban J connectivity index is 2.29. The summed E-state index contributed by atoms with van der Waals surface area (Å²) in [6, 6.07) is 0.344. The van der Waals surface area contributed by atoms with Crippen molar-refractivity contribution in [2.24, 2.45) is 17.1 Å². The monoisotopic (exact) mass is 198 g/mol. The van der Waals surface area contributed by atoms with Gasteiger partial charge in [0, 0.05) is 12.6 Å². The number of nitrogens with zero attached hydrogens (tertiary/aromatic N) is 1. The van der Waals surface area contributed by atoms with Gasteiger partial charge in [0.1, 0.15) is 0 Å². The number of rotatable bonds is 3. The van der Waals surface area contributed by atoms with Crippen molar-refractivity contribution in [3.63, 3.8) is 0 Å². The largest absolute Gasteiger partial charge is 0.326 e. The van der Waals surface area contributed by atoms with Crippen LogP contribution in [0.2, 0.25) is 0 Å². The predicted molar refractivity (Wildman–Crippen MR) is 62.3 cm³/mol. The minimum absolute atomic E-state index is 0.344. The summed E-state index contributed by atoms with van der Waals surface area (Å²) < 4.78 is 0. The lowest BCUT2D eigenvalue weighted by molar-refractivity contribution is 0.121. The Kier molecular flexibility index (Phi) is 3.96. The van der Waals surface area contributed by atoms with Crippen molar-refractivity contribution in [3.05, 3.63) is 0 Å². The molecule has 0 aliphatic carbocycles. The summed E-state index contributed by atoms with van der Waals surface area (Å²) in [5.41, 5.74) is 6.63. The van der Waals surface area contributed by atoms with Gasteiger partial charge in [0.15, 0.2) is 0 Å². The van der Waals surface area contributed by atoms with Crippen LogP contribution < -0.4 is 5.73 Å². The minimum atomic E-state index is 0.344. The van der Waals surface area contributed by atoms with Crippen molar-refractivity contribution < 1.29 is 0 Å². The number of piperidine rings is 1. The topological polar surface area (TPSA) is 29.3 Å². The first-order chi connectivity index (χ1) is 6.41. The van der Waals surface area contributed by atoms with Crippen molar-refractivity contribution in [3.8, 4) is 0 Å². The van der Waals surface area contributed by atoms with Crippen LogP contribution in [-0.2, 0) is 0 Å². The molecule has 1 heterocycles. The summed E-state index contributed by atoms with van der Waals surface area (Å²) in [7, 11) is 0. The maximum atomic E-state index is 6.07. The molecule has 1 atom stereocenters. The van der Waals surface area contributed by atoms with Gasteiger partial charge in [0.2, 0.25) is 0 Å². The van der Waals surface area contributed by atoms with E-state index >= 15 is 0 Å². The lowest BCUT2D eigenvalue weighted by Crippen LogP contribution is -2.45. The summed E-state index contributed by atoms with van der Waals surface area (Å²) in [5, 5.41) is 0. The van der Waals surface area contributed by atoms with Gasteiger partial charge in [-0.1, -0.05) is 27.7 Å². The number of nitrogens with two attached hydrogens (primary N) is 1. The number of likely N-dealkylation sites (tertiary alicyclic amines) is 1. The smallest absolute Gasteiger partial charge is 0.0191 e. The second kappa shape index (κ2) is 4.63. The molecule has 0 radical (unpaired) electrons. The van der Waals surface area contributed by atoms with Crippen LogP contribution in [0.15, 0.2) is 0 Å². The van der Waals surface area contributed by atoms with Crippen LogP contribution in [0.4, 0.5) is 0 Å². The average molecular weight is 198 g/mol. The van der Waals surface area contributed by atoms with Gasteiger partial charge in [-0.3, -0.25) is 0 Å². The highest BCUT2D eigenvalue weighted by Crippen LogP contribution is 2.29. The molecule has 0 aromatic carbocycles. The van der Waals surface area contributed by atoms with Crippen LogP contribution in [0.1, 0.15) is 40.5 Å². The fourth-order valence-corrected chi connectivity index (χ4v) is 1.85. The van der Waals surface area contributed by atoms with Gasteiger partial charge < -0.3 is 10.6 Å². The van der Waals surface area contributed by atoms with Gasteiger partial charge in [-0.05, 0) is 37.3 Å². The van der Waals surface area contributed by atoms with E-state index in [2.05, 4.69) is 32.6 Å². The van der Waals surface area contributed by atoms with E-state index in [1.807, 2.05) is 0 Å². The standard InChI is InChI=1S/C12H26N2/c1-10(2)11(13)9-14-7-5-12(3,4)6-8-14/h10-11H,5-9,13H2,1-4H3/t11-/m1/s1. The zero-order valence-corrected chi connectivity index (χ0v) is 10.2. The van der Waals surface area contributed by atoms with Gasteiger partial charge in [-0.25, -0.2) is 0 Å². The maximum absolute atomic E-state index is 6.07. The van der Waals surface area contributed by atoms with Crippen LogP contribution in [0.5, 0.6) is 0 Å². The summed E-state index contributed by atoms with van der Waals surface area (Å²) >= 11 is 0. The Labute approximate surface area is 88.8 Å². The van der Waals surface area contributed by atoms with Gasteiger partial charge >= 0.3 is 0 Å². The van der Waals surface area contributed by atoms with Crippen LogP contribution in [0, 0.1) is 11.3 Å². The molecule has 1 fully saturated rings. The molecule has 1 aliphatic rings. The summed E-state index contributed by atoms with van der Waals surface area (Å²) in [5.74, 6) is 0.602. The highest BCUT2D eigenvalue weighted by molar-refractivity contribution is 4.81. The predicted octanol–water partition coefficient (Wildman–Crippen LogP) is 2.09. The quantitative estimate of drug-likeness (QED) is 0.752. The van der Waals surface area contributed by atoms with Crippen LogP contribution in [0.3, 0.4) is 0 Å². The molecule has 0 amide bonds. The molecule has 0 spiro atoms. The van der Waals surface area contributed by atoms with Crippen molar-refractivity contribution in [1.29, 1.82) is 0 Å². The molecule has 0 aromatic rings. The van der Waals surface area contributed by atoms with Crippen molar-refractivity contribution in [2.45, 2.75) is 46.6 Å². The Morgan fingerprint density at radius 3 is 2.14 bits per heavy atom. The van der Waals surface area contributed by atoms with E-state index in [0.717, 1.165) is 6.54 Å². The Hall–Kier alpha value is -0.0800. The van der Waals surface area contributed by atoms with Gasteiger partial charge in [-0.2, -0.15) is 0 Å². The third kappa shape index (κ3) is 3.58. The SMILES string of the molecule is CC(C)[C@H](N)CN1CCC(C)(C)CC1. The first kappa shape index (κ1) is 12.0. The maximum Gasteiger partial charge on any atom is 0.0191 e. The van der Waals surface area contributed by atoms with Crippen molar-refractivity contribution in [1.82, 2.24) is 4.90 Å². The van der Waals surface area contributed by atoms with Crippen LogP contribution in [-0.4, -0.2) is 30.6 Å². The number of hydrogen-bond donors (Lipinski definition) is 1. The first-order valence-electron chi connectivity index (χ1n) is 5.89. The van der Waals surface area contributed by atoms with Crippen LogP contribution >= 0.6 is 0 Å². The highest BCUT2D eigenvalue weighted by atomic mass is 15.1. The summed E-state index contributed by atoms with van der Waals surface area (Å²) in [6.45, 7) is 12.7. The normalized spacial score (nSPS) is 25.3.